The number of anilines is 1. The summed E-state index contributed by atoms with van der Waals surface area (Å²) >= 11 is 0. The molecule has 0 spiro atoms. The topological polar surface area (TPSA) is 58.1 Å². The molecule has 0 saturated carbocycles. The van der Waals surface area contributed by atoms with Crippen LogP contribution in [0.25, 0.3) is 10.9 Å². The highest BCUT2D eigenvalue weighted by molar-refractivity contribution is 6.06. The number of hydrogen-bond acceptors (Lipinski definition) is 3. The molecule has 0 bridgehead atoms. The number of rotatable bonds is 3. The highest BCUT2D eigenvalue weighted by Crippen LogP contribution is 2.30. The summed E-state index contributed by atoms with van der Waals surface area (Å²) in [7, 11) is 1.94. The van der Waals surface area contributed by atoms with Crippen molar-refractivity contribution in [2.24, 2.45) is 7.05 Å². The van der Waals surface area contributed by atoms with Crippen molar-refractivity contribution in [1.29, 1.82) is 0 Å². The number of nitrogens with zero attached hydrogens (tertiary/aromatic N) is 1. The molecule has 27 heavy (non-hydrogen) atoms. The Balaban J connectivity index is 1.66. The summed E-state index contributed by atoms with van der Waals surface area (Å²) in [5, 5.41) is 4.22. The van der Waals surface area contributed by atoms with Gasteiger partial charge in [-0.1, -0.05) is 29.3 Å². The molecule has 1 fully saturated rings. The monoisotopic (exact) mass is 362 g/mol. The molecule has 0 radical (unpaired) electrons. The molecular weight excluding hydrogens is 336 g/mol. The zero-order valence-electron chi connectivity index (χ0n) is 16.3. The van der Waals surface area contributed by atoms with Crippen molar-refractivity contribution < 1.29 is 4.79 Å². The second-order valence-corrected chi connectivity index (χ2v) is 7.67. The standard InChI is InChI=1S/C22H26N4O/c1-13-6-8-20-16(9-13)12-21(26(20)4)22(27)23-18-7-5-14(2)10-17(18)19-11-15(3)24-25-19/h5-10,12,15,19,24-25H,11H2,1-4H3,(H,23,27). The average Bonchev–Trinajstić information content (AvgIpc) is 3.20. The van der Waals surface area contributed by atoms with Crippen LogP contribution in [0.2, 0.25) is 0 Å². The van der Waals surface area contributed by atoms with Crippen LogP contribution in [0.4, 0.5) is 5.69 Å². The first-order chi connectivity index (χ1) is 12.9. The molecule has 5 nitrogen and oxygen atoms in total. The van der Waals surface area contributed by atoms with Crippen LogP contribution in [0, 0.1) is 13.8 Å². The Morgan fingerprint density at radius 3 is 2.56 bits per heavy atom. The quantitative estimate of drug-likeness (QED) is 0.661. The first-order valence-electron chi connectivity index (χ1n) is 9.41. The highest BCUT2D eigenvalue weighted by atomic mass is 16.1. The number of hydrogen-bond donors (Lipinski definition) is 3. The summed E-state index contributed by atoms with van der Waals surface area (Å²) in [5.74, 6) is -0.0875. The Bertz CT molecular complexity index is 1020. The zero-order valence-corrected chi connectivity index (χ0v) is 16.3. The SMILES string of the molecule is Cc1ccc(NC(=O)c2cc3cc(C)ccc3n2C)c(C2CC(C)NN2)c1. The van der Waals surface area contributed by atoms with E-state index in [0.717, 1.165) is 28.6 Å². The van der Waals surface area contributed by atoms with E-state index in [1.807, 2.05) is 29.8 Å². The molecule has 1 aliphatic rings. The maximum atomic E-state index is 13.0. The molecule has 1 aromatic heterocycles. The van der Waals surface area contributed by atoms with Crippen molar-refractivity contribution in [1.82, 2.24) is 15.4 Å². The number of aromatic nitrogens is 1. The lowest BCUT2D eigenvalue weighted by Gasteiger charge is -2.17. The van der Waals surface area contributed by atoms with E-state index in [1.165, 1.54) is 11.1 Å². The molecule has 2 heterocycles. The van der Waals surface area contributed by atoms with Gasteiger partial charge in [-0.3, -0.25) is 10.2 Å². The van der Waals surface area contributed by atoms with Crippen molar-refractivity contribution >= 4 is 22.5 Å². The number of hydrazine groups is 1. The van der Waals surface area contributed by atoms with Crippen LogP contribution in [0.3, 0.4) is 0 Å². The fourth-order valence-corrected chi connectivity index (χ4v) is 3.88. The van der Waals surface area contributed by atoms with Crippen molar-refractivity contribution in [3.05, 3.63) is 64.8 Å². The van der Waals surface area contributed by atoms with E-state index >= 15 is 0 Å². The van der Waals surface area contributed by atoms with Crippen molar-refractivity contribution in [2.75, 3.05) is 5.32 Å². The first kappa shape index (κ1) is 17.8. The van der Waals surface area contributed by atoms with E-state index < -0.39 is 0 Å². The van der Waals surface area contributed by atoms with Gasteiger partial charge in [0.15, 0.2) is 0 Å². The summed E-state index contributed by atoms with van der Waals surface area (Å²) < 4.78 is 1.95. The van der Waals surface area contributed by atoms with Gasteiger partial charge in [-0.05, 0) is 57.0 Å². The zero-order chi connectivity index (χ0) is 19.1. The third-order valence-electron chi connectivity index (χ3n) is 5.35. The number of aryl methyl sites for hydroxylation is 3. The molecule has 2 unspecified atom stereocenters. The Morgan fingerprint density at radius 1 is 1.07 bits per heavy atom. The maximum absolute atomic E-state index is 13.0. The third kappa shape index (κ3) is 3.36. The van der Waals surface area contributed by atoms with Crippen molar-refractivity contribution in [2.45, 2.75) is 39.3 Å². The fraction of sp³-hybridized carbons (Fsp3) is 0.318. The Kier molecular flexibility index (Phi) is 4.50. The first-order valence-corrected chi connectivity index (χ1v) is 9.41. The fourth-order valence-electron chi connectivity index (χ4n) is 3.88. The molecule has 3 aromatic rings. The van der Waals surface area contributed by atoms with E-state index in [9.17, 15) is 4.79 Å². The molecule has 3 N–H and O–H groups in total. The largest absolute Gasteiger partial charge is 0.340 e. The molecular formula is C22H26N4O. The number of carbonyl (C=O) groups is 1. The summed E-state index contributed by atoms with van der Waals surface area (Å²) in [6.45, 7) is 6.29. The molecule has 2 atom stereocenters. The van der Waals surface area contributed by atoms with E-state index in [4.69, 9.17) is 0 Å². The van der Waals surface area contributed by atoms with Gasteiger partial charge in [-0.15, -0.1) is 0 Å². The van der Waals surface area contributed by atoms with Gasteiger partial charge in [0.1, 0.15) is 5.69 Å². The lowest BCUT2D eigenvalue weighted by Crippen LogP contribution is -2.29. The van der Waals surface area contributed by atoms with Crippen LogP contribution in [0.5, 0.6) is 0 Å². The second kappa shape index (κ2) is 6.83. The van der Waals surface area contributed by atoms with Crippen LogP contribution in [-0.4, -0.2) is 16.5 Å². The van der Waals surface area contributed by atoms with Gasteiger partial charge in [-0.2, -0.15) is 0 Å². The van der Waals surface area contributed by atoms with Gasteiger partial charge >= 0.3 is 0 Å². The Labute approximate surface area is 159 Å². The minimum absolute atomic E-state index is 0.0875. The van der Waals surface area contributed by atoms with Crippen LogP contribution in [0.1, 0.15) is 46.6 Å². The average molecular weight is 362 g/mol. The Morgan fingerprint density at radius 2 is 1.81 bits per heavy atom. The predicted molar refractivity (Wildman–Crippen MR) is 110 cm³/mol. The van der Waals surface area contributed by atoms with Gasteiger partial charge < -0.3 is 9.88 Å². The van der Waals surface area contributed by atoms with Crippen LogP contribution in [0.15, 0.2) is 42.5 Å². The van der Waals surface area contributed by atoms with Gasteiger partial charge in [0, 0.05) is 35.7 Å². The summed E-state index contributed by atoms with van der Waals surface area (Å²) in [6.07, 6.45) is 0.986. The molecule has 1 aliphatic heterocycles. The summed E-state index contributed by atoms with van der Waals surface area (Å²) in [6, 6.07) is 15.0. The normalized spacial score (nSPS) is 19.6. The third-order valence-corrected chi connectivity index (χ3v) is 5.35. The van der Waals surface area contributed by atoms with Crippen LogP contribution < -0.4 is 16.2 Å². The summed E-state index contributed by atoms with van der Waals surface area (Å²) in [4.78, 5) is 13.0. The van der Waals surface area contributed by atoms with Crippen LogP contribution in [-0.2, 0) is 7.05 Å². The summed E-state index contributed by atoms with van der Waals surface area (Å²) in [5.41, 5.74) is 12.7. The minimum atomic E-state index is -0.0875. The molecule has 2 aromatic carbocycles. The molecule has 1 saturated heterocycles. The molecule has 5 heteroatoms. The molecule has 140 valence electrons. The molecule has 0 aliphatic carbocycles. The minimum Gasteiger partial charge on any atom is -0.340 e. The van der Waals surface area contributed by atoms with E-state index in [2.05, 4.69) is 61.2 Å². The number of fused-ring (bicyclic) bond motifs is 1. The highest BCUT2D eigenvalue weighted by Gasteiger charge is 2.25. The van der Waals surface area contributed by atoms with E-state index in [1.54, 1.807) is 0 Å². The smallest absolute Gasteiger partial charge is 0.272 e. The number of amides is 1. The van der Waals surface area contributed by atoms with Crippen molar-refractivity contribution in [3.8, 4) is 0 Å². The van der Waals surface area contributed by atoms with E-state index in [0.29, 0.717) is 11.7 Å². The van der Waals surface area contributed by atoms with Gasteiger partial charge in [-0.25, -0.2) is 5.43 Å². The lowest BCUT2D eigenvalue weighted by molar-refractivity contribution is 0.101. The van der Waals surface area contributed by atoms with Crippen molar-refractivity contribution in [3.63, 3.8) is 0 Å². The second-order valence-electron chi connectivity index (χ2n) is 7.67. The van der Waals surface area contributed by atoms with Gasteiger partial charge in [0.25, 0.3) is 5.91 Å². The van der Waals surface area contributed by atoms with Gasteiger partial charge in [0.05, 0.1) is 0 Å². The Hall–Kier alpha value is -2.63. The predicted octanol–water partition coefficient (Wildman–Crippen LogP) is 3.97. The lowest BCUT2D eigenvalue weighted by atomic mass is 9.98. The van der Waals surface area contributed by atoms with Gasteiger partial charge in [0.2, 0.25) is 0 Å². The van der Waals surface area contributed by atoms with Crippen LogP contribution >= 0.6 is 0 Å². The maximum Gasteiger partial charge on any atom is 0.272 e. The van der Waals surface area contributed by atoms with E-state index in [-0.39, 0.29) is 11.9 Å². The number of carbonyl (C=O) groups excluding carboxylic acids is 1. The molecule has 4 rings (SSSR count). The number of nitrogens with one attached hydrogen (secondary N) is 3. The number of benzene rings is 2. The molecule has 1 amide bonds.